The number of nitrogen functional groups attached to an aromatic ring is 4. The second-order valence-corrected chi connectivity index (χ2v) is 4.87. The standard InChI is InChI=1S/C10H10N2.C7H10N2/c11-9-5-1-3-7-8(9)4-2-6-10(7)12;1-5-3-2-4-6(8)7(5)9/h1-6H,11-12H2;2-4H,8-9H2,1H3. The highest BCUT2D eigenvalue weighted by molar-refractivity contribution is 5.99. The Morgan fingerprint density at radius 1 is 0.571 bits per heavy atom. The number of nitrogens with two attached hydrogens (primary N) is 4. The summed E-state index contributed by atoms with van der Waals surface area (Å²) in [4.78, 5) is 0. The molecule has 0 spiro atoms. The monoisotopic (exact) mass is 280 g/mol. The molecule has 0 saturated heterocycles. The van der Waals surface area contributed by atoms with Crippen LogP contribution in [0.3, 0.4) is 0 Å². The number of fused-ring (bicyclic) bond motifs is 1. The predicted octanol–water partition coefficient (Wildman–Crippen LogP) is 3.16. The van der Waals surface area contributed by atoms with Crippen LogP contribution in [0.1, 0.15) is 5.56 Å². The van der Waals surface area contributed by atoms with Gasteiger partial charge in [-0.3, -0.25) is 0 Å². The van der Waals surface area contributed by atoms with E-state index in [1.807, 2.05) is 55.5 Å². The fourth-order valence-electron chi connectivity index (χ4n) is 2.06. The normalized spacial score (nSPS) is 9.95. The molecule has 8 N–H and O–H groups in total. The molecule has 0 fully saturated rings. The van der Waals surface area contributed by atoms with Crippen molar-refractivity contribution in [3.05, 3.63) is 60.2 Å². The molecule has 108 valence electrons. The van der Waals surface area contributed by atoms with Gasteiger partial charge in [-0.15, -0.1) is 0 Å². The minimum absolute atomic E-state index is 0.662. The fourth-order valence-corrected chi connectivity index (χ4v) is 2.06. The zero-order valence-corrected chi connectivity index (χ0v) is 12.0. The molecular weight excluding hydrogens is 260 g/mol. The van der Waals surface area contributed by atoms with Crippen LogP contribution in [0.5, 0.6) is 0 Å². The van der Waals surface area contributed by atoms with Crippen molar-refractivity contribution >= 4 is 33.5 Å². The lowest BCUT2D eigenvalue weighted by atomic mass is 10.1. The largest absolute Gasteiger partial charge is 0.398 e. The van der Waals surface area contributed by atoms with Gasteiger partial charge in [-0.05, 0) is 30.7 Å². The van der Waals surface area contributed by atoms with Crippen LogP contribution >= 0.6 is 0 Å². The van der Waals surface area contributed by atoms with Crippen LogP contribution in [0, 0.1) is 6.92 Å². The average molecular weight is 280 g/mol. The van der Waals surface area contributed by atoms with E-state index in [1.165, 1.54) is 0 Å². The topological polar surface area (TPSA) is 104 Å². The highest BCUT2D eigenvalue weighted by Crippen LogP contribution is 2.24. The van der Waals surface area contributed by atoms with Gasteiger partial charge in [0.1, 0.15) is 0 Å². The third-order valence-electron chi connectivity index (χ3n) is 3.35. The van der Waals surface area contributed by atoms with Crippen molar-refractivity contribution in [3.63, 3.8) is 0 Å². The summed E-state index contributed by atoms with van der Waals surface area (Å²) in [5.74, 6) is 0. The number of anilines is 4. The summed E-state index contributed by atoms with van der Waals surface area (Å²) in [6.45, 7) is 1.94. The van der Waals surface area contributed by atoms with Crippen molar-refractivity contribution in [1.82, 2.24) is 0 Å². The molecule has 0 aliphatic rings. The molecule has 0 aromatic heterocycles. The Kier molecular flexibility index (Phi) is 4.18. The van der Waals surface area contributed by atoms with Crippen LogP contribution in [0.4, 0.5) is 22.7 Å². The maximum absolute atomic E-state index is 5.77. The van der Waals surface area contributed by atoms with Gasteiger partial charge in [0, 0.05) is 22.1 Å². The summed E-state index contributed by atoms with van der Waals surface area (Å²) in [5, 5.41) is 2.05. The molecule has 4 nitrogen and oxygen atoms in total. The lowest BCUT2D eigenvalue weighted by Gasteiger charge is -2.03. The van der Waals surface area contributed by atoms with Gasteiger partial charge in [0.2, 0.25) is 0 Å². The lowest BCUT2D eigenvalue weighted by molar-refractivity contribution is 1.47. The van der Waals surface area contributed by atoms with E-state index in [1.54, 1.807) is 6.07 Å². The Morgan fingerprint density at radius 2 is 1.00 bits per heavy atom. The lowest BCUT2D eigenvalue weighted by Crippen LogP contribution is -1.95. The Balaban J connectivity index is 0.000000161. The van der Waals surface area contributed by atoms with Gasteiger partial charge >= 0.3 is 0 Å². The van der Waals surface area contributed by atoms with Gasteiger partial charge in [0.25, 0.3) is 0 Å². The van der Waals surface area contributed by atoms with Gasteiger partial charge < -0.3 is 22.9 Å². The number of hydrogen-bond acceptors (Lipinski definition) is 4. The van der Waals surface area contributed by atoms with Crippen LogP contribution in [-0.2, 0) is 0 Å². The predicted molar refractivity (Wildman–Crippen MR) is 92.8 cm³/mol. The summed E-state index contributed by atoms with van der Waals surface area (Å²) >= 11 is 0. The van der Waals surface area contributed by atoms with Crippen LogP contribution in [0.2, 0.25) is 0 Å². The molecule has 21 heavy (non-hydrogen) atoms. The molecule has 3 aromatic rings. The van der Waals surface area contributed by atoms with Crippen molar-refractivity contribution in [2.75, 3.05) is 22.9 Å². The van der Waals surface area contributed by atoms with Crippen molar-refractivity contribution in [1.29, 1.82) is 0 Å². The first-order valence-corrected chi connectivity index (χ1v) is 6.64. The first-order chi connectivity index (χ1) is 10.0. The summed E-state index contributed by atoms with van der Waals surface area (Å²) < 4.78 is 0. The van der Waals surface area contributed by atoms with E-state index >= 15 is 0 Å². The van der Waals surface area contributed by atoms with Gasteiger partial charge in [0.15, 0.2) is 0 Å². The molecule has 4 heteroatoms. The molecule has 0 unspecified atom stereocenters. The second kappa shape index (κ2) is 6.05. The first-order valence-electron chi connectivity index (χ1n) is 6.64. The average Bonchev–Trinajstić information content (AvgIpc) is 2.47. The van der Waals surface area contributed by atoms with Crippen LogP contribution < -0.4 is 22.9 Å². The number of hydrogen-bond donors (Lipinski definition) is 4. The molecule has 0 atom stereocenters. The van der Waals surface area contributed by atoms with Gasteiger partial charge in [-0.2, -0.15) is 0 Å². The number of benzene rings is 3. The minimum Gasteiger partial charge on any atom is -0.398 e. The Hall–Kier alpha value is -2.88. The molecule has 3 rings (SSSR count). The Labute approximate surface area is 124 Å². The van der Waals surface area contributed by atoms with Crippen LogP contribution in [0.15, 0.2) is 54.6 Å². The SMILES string of the molecule is Cc1cccc(N)c1N.Nc1cccc2c(N)cccc12. The third kappa shape index (κ3) is 3.17. The molecule has 0 amide bonds. The Bertz CT molecular complexity index is 704. The molecule has 3 aromatic carbocycles. The van der Waals surface area contributed by atoms with E-state index < -0.39 is 0 Å². The minimum atomic E-state index is 0.662. The maximum Gasteiger partial charge on any atom is 0.0577 e. The molecular formula is C17H20N4. The zero-order valence-electron chi connectivity index (χ0n) is 12.0. The molecule has 0 bridgehead atoms. The number of para-hydroxylation sites is 1. The molecule has 0 radical (unpaired) electrons. The molecule has 0 heterocycles. The van der Waals surface area contributed by atoms with E-state index in [2.05, 4.69) is 0 Å². The summed E-state index contributed by atoms with van der Waals surface area (Å²) in [5.41, 5.74) is 26.5. The molecule has 0 aliphatic heterocycles. The van der Waals surface area contributed by atoms with Gasteiger partial charge in [0.05, 0.1) is 11.4 Å². The summed E-state index contributed by atoms with van der Waals surface area (Å²) in [6.07, 6.45) is 0. The van der Waals surface area contributed by atoms with Crippen molar-refractivity contribution in [2.24, 2.45) is 0 Å². The number of aryl methyl sites for hydroxylation is 1. The van der Waals surface area contributed by atoms with Gasteiger partial charge in [-0.25, -0.2) is 0 Å². The molecule has 0 saturated carbocycles. The van der Waals surface area contributed by atoms with Crippen molar-refractivity contribution in [3.8, 4) is 0 Å². The highest BCUT2D eigenvalue weighted by Gasteiger charge is 1.98. The number of rotatable bonds is 0. The fraction of sp³-hybridized carbons (Fsp3) is 0.0588. The maximum atomic E-state index is 5.77. The quantitative estimate of drug-likeness (QED) is 0.475. The van der Waals surface area contributed by atoms with Gasteiger partial charge in [-0.1, -0.05) is 36.4 Å². The van der Waals surface area contributed by atoms with E-state index in [-0.39, 0.29) is 0 Å². The van der Waals surface area contributed by atoms with Crippen LogP contribution in [-0.4, -0.2) is 0 Å². The zero-order chi connectivity index (χ0) is 15.4. The van der Waals surface area contributed by atoms with E-state index in [9.17, 15) is 0 Å². The van der Waals surface area contributed by atoms with E-state index in [4.69, 9.17) is 22.9 Å². The first kappa shape index (κ1) is 14.5. The second-order valence-electron chi connectivity index (χ2n) is 4.87. The highest BCUT2D eigenvalue weighted by atomic mass is 14.7. The summed E-state index contributed by atoms with van der Waals surface area (Å²) in [6, 6.07) is 17.1. The van der Waals surface area contributed by atoms with Crippen molar-refractivity contribution < 1.29 is 0 Å². The van der Waals surface area contributed by atoms with E-state index in [0.717, 1.165) is 27.7 Å². The third-order valence-corrected chi connectivity index (χ3v) is 3.35. The van der Waals surface area contributed by atoms with Crippen LogP contribution in [0.25, 0.3) is 10.8 Å². The Morgan fingerprint density at radius 3 is 1.43 bits per heavy atom. The van der Waals surface area contributed by atoms with E-state index in [0.29, 0.717) is 11.4 Å². The molecule has 0 aliphatic carbocycles. The van der Waals surface area contributed by atoms with Crippen molar-refractivity contribution in [2.45, 2.75) is 6.92 Å². The summed E-state index contributed by atoms with van der Waals surface area (Å²) in [7, 11) is 0. The smallest absolute Gasteiger partial charge is 0.0577 e.